The number of benzene rings is 2. The topological polar surface area (TPSA) is 12.0 Å². The first kappa shape index (κ1) is 12.2. The molecule has 0 heterocycles. The molecule has 1 N–H and O–H groups in total. The third kappa shape index (κ3) is 3.11. The Labute approximate surface area is 107 Å². The number of hydrogen-bond acceptors (Lipinski definition) is 1. The molecule has 18 heavy (non-hydrogen) atoms. The lowest BCUT2D eigenvalue weighted by molar-refractivity contribution is 0.619. The third-order valence-corrected chi connectivity index (χ3v) is 2.64. The van der Waals surface area contributed by atoms with E-state index in [0.717, 1.165) is 11.3 Å². The molecule has 0 bridgehead atoms. The Hall–Kier alpha value is -2.27. The molecule has 0 aliphatic rings. The highest BCUT2D eigenvalue weighted by atomic mass is 19.1. The molecule has 2 aromatic rings. The van der Waals surface area contributed by atoms with Crippen molar-refractivity contribution in [2.75, 3.05) is 11.9 Å². The Morgan fingerprint density at radius 1 is 1.06 bits per heavy atom. The van der Waals surface area contributed by atoms with Gasteiger partial charge in [-0.3, -0.25) is 0 Å². The van der Waals surface area contributed by atoms with E-state index >= 15 is 0 Å². The number of anilines is 1. The molecule has 0 atom stereocenters. The van der Waals surface area contributed by atoms with Crippen molar-refractivity contribution in [2.45, 2.75) is 6.92 Å². The molecule has 2 heteroatoms. The van der Waals surface area contributed by atoms with Crippen LogP contribution in [0.25, 0.3) is 0 Å². The van der Waals surface area contributed by atoms with Crippen LogP contribution < -0.4 is 5.32 Å². The van der Waals surface area contributed by atoms with Gasteiger partial charge in [-0.25, -0.2) is 4.39 Å². The molecule has 0 radical (unpaired) electrons. The number of hydrogen-bond donors (Lipinski definition) is 1. The molecule has 0 aliphatic heterocycles. The summed E-state index contributed by atoms with van der Waals surface area (Å²) in [6.45, 7) is 2.25. The lowest BCUT2D eigenvalue weighted by atomic mass is 10.2. The predicted molar refractivity (Wildman–Crippen MR) is 72.9 cm³/mol. The second-order valence-corrected chi connectivity index (χ2v) is 3.93. The SMILES string of the molecule is Cc1c(F)cccc1NCC#Cc1ccccc1. The van der Waals surface area contributed by atoms with E-state index < -0.39 is 0 Å². The zero-order valence-electron chi connectivity index (χ0n) is 10.2. The quantitative estimate of drug-likeness (QED) is 0.790. The van der Waals surface area contributed by atoms with Gasteiger partial charge in [0, 0.05) is 16.8 Å². The van der Waals surface area contributed by atoms with Crippen molar-refractivity contribution in [3.05, 3.63) is 65.5 Å². The Kier molecular flexibility index (Phi) is 3.98. The zero-order chi connectivity index (χ0) is 12.8. The van der Waals surface area contributed by atoms with Crippen LogP contribution in [0.4, 0.5) is 10.1 Å². The molecule has 2 rings (SSSR count). The fourth-order valence-corrected chi connectivity index (χ4v) is 1.61. The van der Waals surface area contributed by atoms with Crippen LogP contribution in [0.3, 0.4) is 0 Å². The largest absolute Gasteiger partial charge is 0.374 e. The molecule has 0 fully saturated rings. The normalized spacial score (nSPS) is 9.44. The van der Waals surface area contributed by atoms with E-state index in [4.69, 9.17) is 0 Å². The molecular weight excluding hydrogens is 225 g/mol. The van der Waals surface area contributed by atoms with Gasteiger partial charge in [-0.05, 0) is 31.2 Å². The van der Waals surface area contributed by atoms with Crippen LogP contribution >= 0.6 is 0 Å². The molecule has 0 unspecified atom stereocenters. The number of nitrogens with one attached hydrogen (secondary N) is 1. The van der Waals surface area contributed by atoms with Crippen molar-refractivity contribution in [2.24, 2.45) is 0 Å². The van der Waals surface area contributed by atoms with Crippen molar-refractivity contribution < 1.29 is 4.39 Å². The van der Waals surface area contributed by atoms with Crippen LogP contribution in [0.5, 0.6) is 0 Å². The maximum absolute atomic E-state index is 13.3. The summed E-state index contributed by atoms with van der Waals surface area (Å²) in [4.78, 5) is 0. The monoisotopic (exact) mass is 239 g/mol. The van der Waals surface area contributed by atoms with Crippen molar-refractivity contribution in [1.29, 1.82) is 0 Å². The minimum absolute atomic E-state index is 0.198. The van der Waals surface area contributed by atoms with Crippen LogP contribution in [0.2, 0.25) is 0 Å². The molecule has 2 aromatic carbocycles. The van der Waals surface area contributed by atoms with E-state index in [2.05, 4.69) is 17.2 Å². The van der Waals surface area contributed by atoms with E-state index in [1.807, 2.05) is 36.4 Å². The van der Waals surface area contributed by atoms with Crippen molar-refractivity contribution in [1.82, 2.24) is 0 Å². The summed E-state index contributed by atoms with van der Waals surface area (Å²) in [5.41, 5.74) is 2.40. The lowest BCUT2D eigenvalue weighted by Gasteiger charge is -2.06. The Morgan fingerprint density at radius 2 is 1.83 bits per heavy atom. The maximum atomic E-state index is 13.3. The van der Waals surface area contributed by atoms with Crippen LogP contribution in [-0.4, -0.2) is 6.54 Å². The van der Waals surface area contributed by atoms with E-state index in [1.165, 1.54) is 6.07 Å². The van der Waals surface area contributed by atoms with E-state index in [0.29, 0.717) is 12.1 Å². The summed E-state index contributed by atoms with van der Waals surface area (Å²) in [5, 5.41) is 3.11. The third-order valence-electron chi connectivity index (χ3n) is 2.64. The van der Waals surface area contributed by atoms with Gasteiger partial charge >= 0.3 is 0 Å². The summed E-state index contributed by atoms with van der Waals surface area (Å²) in [6, 6.07) is 14.8. The first-order valence-corrected chi connectivity index (χ1v) is 5.80. The smallest absolute Gasteiger partial charge is 0.128 e. The second-order valence-electron chi connectivity index (χ2n) is 3.93. The van der Waals surface area contributed by atoms with Crippen LogP contribution in [0, 0.1) is 24.6 Å². The lowest BCUT2D eigenvalue weighted by Crippen LogP contribution is -2.01. The first-order valence-electron chi connectivity index (χ1n) is 5.80. The average Bonchev–Trinajstić information content (AvgIpc) is 2.40. The summed E-state index contributed by atoms with van der Waals surface area (Å²) in [7, 11) is 0. The average molecular weight is 239 g/mol. The molecule has 1 nitrogen and oxygen atoms in total. The highest BCUT2D eigenvalue weighted by Gasteiger charge is 2.00. The molecule has 0 spiro atoms. The van der Waals surface area contributed by atoms with Gasteiger partial charge in [0.15, 0.2) is 0 Å². The highest BCUT2D eigenvalue weighted by Crippen LogP contribution is 2.16. The van der Waals surface area contributed by atoms with Gasteiger partial charge in [0.05, 0.1) is 6.54 Å². The summed E-state index contributed by atoms with van der Waals surface area (Å²) < 4.78 is 13.3. The van der Waals surface area contributed by atoms with E-state index in [1.54, 1.807) is 13.0 Å². The van der Waals surface area contributed by atoms with Gasteiger partial charge in [-0.15, -0.1) is 0 Å². The van der Waals surface area contributed by atoms with Crippen LogP contribution in [-0.2, 0) is 0 Å². The molecule has 0 amide bonds. The van der Waals surface area contributed by atoms with Crippen LogP contribution in [0.15, 0.2) is 48.5 Å². The summed E-state index contributed by atoms with van der Waals surface area (Å²) in [5.74, 6) is 5.86. The Balaban J connectivity index is 1.97. The molecule has 0 saturated carbocycles. The van der Waals surface area contributed by atoms with Gasteiger partial charge < -0.3 is 5.32 Å². The first-order chi connectivity index (χ1) is 8.77. The molecule has 0 aromatic heterocycles. The van der Waals surface area contributed by atoms with E-state index in [9.17, 15) is 4.39 Å². The maximum Gasteiger partial charge on any atom is 0.128 e. The standard InChI is InChI=1S/C16H14FN/c1-13-15(17)10-5-11-16(13)18-12-6-9-14-7-3-2-4-8-14/h2-5,7-8,10-11,18H,12H2,1H3. The molecule has 0 aliphatic carbocycles. The fraction of sp³-hybridized carbons (Fsp3) is 0.125. The Bertz CT molecular complexity index is 579. The van der Waals surface area contributed by atoms with Crippen molar-refractivity contribution >= 4 is 5.69 Å². The van der Waals surface area contributed by atoms with Gasteiger partial charge in [0.1, 0.15) is 5.82 Å². The molecular formula is C16H14FN. The van der Waals surface area contributed by atoms with Gasteiger partial charge in [0.25, 0.3) is 0 Å². The minimum Gasteiger partial charge on any atom is -0.374 e. The zero-order valence-corrected chi connectivity index (χ0v) is 10.2. The molecule has 90 valence electrons. The highest BCUT2D eigenvalue weighted by molar-refractivity contribution is 5.52. The Morgan fingerprint density at radius 3 is 2.61 bits per heavy atom. The summed E-state index contributed by atoms with van der Waals surface area (Å²) in [6.07, 6.45) is 0. The van der Waals surface area contributed by atoms with E-state index in [-0.39, 0.29) is 5.82 Å². The van der Waals surface area contributed by atoms with Gasteiger partial charge in [-0.1, -0.05) is 36.1 Å². The van der Waals surface area contributed by atoms with Gasteiger partial charge in [-0.2, -0.15) is 0 Å². The predicted octanol–water partition coefficient (Wildman–Crippen LogP) is 3.60. The number of rotatable bonds is 2. The van der Waals surface area contributed by atoms with Gasteiger partial charge in [0.2, 0.25) is 0 Å². The second kappa shape index (κ2) is 5.88. The fourth-order valence-electron chi connectivity index (χ4n) is 1.61. The minimum atomic E-state index is -0.198. The summed E-state index contributed by atoms with van der Waals surface area (Å²) >= 11 is 0. The number of halogens is 1. The molecule has 0 saturated heterocycles. The van der Waals surface area contributed by atoms with Crippen LogP contribution in [0.1, 0.15) is 11.1 Å². The van der Waals surface area contributed by atoms with Crippen molar-refractivity contribution in [3.8, 4) is 11.8 Å². The van der Waals surface area contributed by atoms with Crippen molar-refractivity contribution in [3.63, 3.8) is 0 Å².